The average Bonchev–Trinajstić information content (AvgIpc) is 3.46. The van der Waals surface area contributed by atoms with Crippen molar-refractivity contribution >= 4 is 11.6 Å². The normalized spacial score (nSPS) is 12.0. The summed E-state index contributed by atoms with van der Waals surface area (Å²) in [5.41, 5.74) is 2.04. The Kier molecular flexibility index (Phi) is 7.90. The summed E-state index contributed by atoms with van der Waals surface area (Å²) >= 11 is 0. The van der Waals surface area contributed by atoms with Crippen LogP contribution in [0.1, 0.15) is 44.5 Å². The molecule has 2 N–H and O–H groups in total. The zero-order chi connectivity index (χ0) is 28.8. The number of halogens is 3. The zero-order valence-electron chi connectivity index (χ0n) is 21.5. The van der Waals surface area contributed by atoms with E-state index in [4.69, 9.17) is 0 Å². The van der Waals surface area contributed by atoms with E-state index in [0.29, 0.717) is 18.3 Å². The number of rotatable bonds is 8. The summed E-state index contributed by atoms with van der Waals surface area (Å²) < 4.78 is 41.6. The topological polar surface area (TPSA) is 95.6 Å². The fraction of sp³-hybridized carbons (Fsp3) is 0.0968. The van der Waals surface area contributed by atoms with Crippen molar-refractivity contribution in [2.24, 2.45) is 0 Å². The van der Waals surface area contributed by atoms with Gasteiger partial charge in [0.2, 0.25) is 0 Å². The lowest BCUT2D eigenvalue weighted by molar-refractivity contribution is -0.141. The summed E-state index contributed by atoms with van der Waals surface area (Å²) in [4.78, 5) is 17.5. The summed E-state index contributed by atoms with van der Waals surface area (Å²) in [7, 11) is 0. The Balaban J connectivity index is 1.45. The maximum absolute atomic E-state index is 13.6. The number of carbonyl (C=O) groups is 1. The lowest BCUT2D eigenvalue weighted by atomic mass is 9.98. The fourth-order valence-corrected chi connectivity index (χ4v) is 4.37. The third-order valence-electron chi connectivity index (χ3n) is 6.30. The van der Waals surface area contributed by atoms with E-state index in [1.54, 1.807) is 30.6 Å². The monoisotopic (exact) mass is 552 g/mol. The number of nitriles is 1. The largest absolute Gasteiger partial charge is 0.435 e. The van der Waals surface area contributed by atoms with Gasteiger partial charge in [0.15, 0.2) is 5.69 Å². The number of anilines is 1. The molecule has 0 aliphatic rings. The van der Waals surface area contributed by atoms with E-state index in [0.717, 1.165) is 21.4 Å². The van der Waals surface area contributed by atoms with Crippen LogP contribution in [0.2, 0.25) is 0 Å². The molecule has 0 saturated carbocycles. The molecule has 0 aliphatic carbocycles. The van der Waals surface area contributed by atoms with Gasteiger partial charge in [0, 0.05) is 30.7 Å². The van der Waals surface area contributed by atoms with Gasteiger partial charge in [-0.25, -0.2) is 4.68 Å². The molecule has 7 nitrogen and oxygen atoms in total. The average molecular weight is 553 g/mol. The second-order valence-corrected chi connectivity index (χ2v) is 9.15. The number of benzene rings is 3. The van der Waals surface area contributed by atoms with Crippen molar-refractivity contribution in [3.8, 4) is 11.8 Å². The van der Waals surface area contributed by atoms with Gasteiger partial charge < -0.3 is 10.6 Å². The first kappa shape index (κ1) is 27.3. The minimum absolute atomic E-state index is 0.155. The zero-order valence-corrected chi connectivity index (χ0v) is 21.5. The van der Waals surface area contributed by atoms with Crippen molar-refractivity contribution in [2.75, 3.05) is 5.32 Å². The molecule has 0 bridgehead atoms. The summed E-state index contributed by atoms with van der Waals surface area (Å²) in [6.45, 7) is 0.533. The SMILES string of the molecule is N#Cc1cccc(-n2nc(C(F)(F)F)cc2C(=O)Nc2cccc(C(NCc3cccnc3)c3ccccc3)c2)c1. The number of alkyl halides is 3. The fourth-order valence-electron chi connectivity index (χ4n) is 4.37. The number of aromatic nitrogens is 3. The van der Waals surface area contributed by atoms with Crippen molar-refractivity contribution in [3.63, 3.8) is 0 Å². The highest BCUT2D eigenvalue weighted by Gasteiger charge is 2.36. The number of nitrogens with one attached hydrogen (secondary N) is 2. The molecule has 5 rings (SSSR count). The predicted octanol–water partition coefficient (Wildman–Crippen LogP) is 6.29. The molecular formula is C31H23F3N6O. The van der Waals surface area contributed by atoms with Crippen LogP contribution in [0.15, 0.2) is 109 Å². The molecule has 0 radical (unpaired) electrons. The van der Waals surface area contributed by atoms with Crippen molar-refractivity contribution in [1.29, 1.82) is 5.26 Å². The van der Waals surface area contributed by atoms with E-state index in [-0.39, 0.29) is 23.0 Å². The van der Waals surface area contributed by atoms with E-state index in [1.165, 1.54) is 24.3 Å². The van der Waals surface area contributed by atoms with E-state index >= 15 is 0 Å². The highest BCUT2D eigenvalue weighted by molar-refractivity contribution is 6.03. The number of pyridine rings is 1. The first-order valence-corrected chi connectivity index (χ1v) is 12.6. The first-order chi connectivity index (χ1) is 19.8. The molecule has 2 heterocycles. The van der Waals surface area contributed by atoms with Gasteiger partial charge in [-0.1, -0.05) is 54.6 Å². The highest BCUT2D eigenvalue weighted by atomic mass is 19.4. The molecule has 5 aromatic rings. The minimum Gasteiger partial charge on any atom is -0.321 e. The molecule has 0 fully saturated rings. The summed E-state index contributed by atoms with van der Waals surface area (Å²) in [5, 5.41) is 19.1. The van der Waals surface area contributed by atoms with Crippen LogP contribution in [0.3, 0.4) is 0 Å². The number of hydrogen-bond donors (Lipinski definition) is 2. The second kappa shape index (κ2) is 11.9. The van der Waals surface area contributed by atoms with Crippen molar-refractivity contribution < 1.29 is 18.0 Å². The highest BCUT2D eigenvalue weighted by Crippen LogP contribution is 2.30. The summed E-state index contributed by atoms with van der Waals surface area (Å²) in [6.07, 6.45) is -1.29. The Labute approximate surface area is 233 Å². The molecule has 10 heteroatoms. The summed E-state index contributed by atoms with van der Waals surface area (Å²) in [5.74, 6) is -0.785. The molecule has 41 heavy (non-hydrogen) atoms. The molecule has 2 aromatic heterocycles. The molecule has 1 atom stereocenters. The smallest absolute Gasteiger partial charge is 0.321 e. The van der Waals surface area contributed by atoms with Crippen LogP contribution in [0.25, 0.3) is 5.69 Å². The minimum atomic E-state index is -4.77. The molecule has 0 spiro atoms. The number of nitrogens with zero attached hydrogens (tertiary/aromatic N) is 4. The van der Waals surface area contributed by atoms with Crippen LogP contribution >= 0.6 is 0 Å². The van der Waals surface area contributed by atoms with E-state index in [9.17, 15) is 23.2 Å². The Morgan fingerprint density at radius 3 is 2.44 bits per heavy atom. The summed E-state index contributed by atoms with van der Waals surface area (Å²) in [6, 6.07) is 28.9. The lowest BCUT2D eigenvalue weighted by Crippen LogP contribution is -2.22. The number of hydrogen-bond acceptors (Lipinski definition) is 5. The van der Waals surface area contributed by atoms with Crippen molar-refractivity contribution in [1.82, 2.24) is 20.1 Å². The lowest BCUT2D eigenvalue weighted by Gasteiger charge is -2.21. The first-order valence-electron chi connectivity index (χ1n) is 12.6. The van der Waals surface area contributed by atoms with Gasteiger partial charge in [-0.05, 0) is 53.1 Å². The van der Waals surface area contributed by atoms with Gasteiger partial charge in [0.1, 0.15) is 5.69 Å². The van der Waals surface area contributed by atoms with Crippen LogP contribution < -0.4 is 10.6 Å². The predicted molar refractivity (Wildman–Crippen MR) is 147 cm³/mol. The molecule has 0 saturated heterocycles. The molecule has 1 unspecified atom stereocenters. The second-order valence-electron chi connectivity index (χ2n) is 9.15. The Hall–Kier alpha value is -5.27. The standard InChI is InChI=1S/C31H23F3N6O/c32-31(33,34)28-17-27(40(39-28)26-13-4-7-21(15-26)18-35)30(41)38-25-12-5-11-24(16-25)29(23-9-2-1-3-10-23)37-20-22-8-6-14-36-19-22/h1-17,19,29,37H,20H2,(H,38,41). The van der Waals surface area contributed by atoms with Crippen molar-refractivity contribution in [3.05, 3.63) is 143 Å². The van der Waals surface area contributed by atoms with Gasteiger partial charge in [-0.15, -0.1) is 0 Å². The maximum Gasteiger partial charge on any atom is 0.435 e. The van der Waals surface area contributed by atoms with Crippen molar-refractivity contribution in [2.45, 2.75) is 18.8 Å². The van der Waals surface area contributed by atoms with Gasteiger partial charge in [0.05, 0.1) is 23.4 Å². The van der Waals surface area contributed by atoms with Gasteiger partial charge in [-0.2, -0.15) is 23.5 Å². The molecule has 3 aromatic carbocycles. The van der Waals surface area contributed by atoms with Gasteiger partial charge in [0.25, 0.3) is 5.91 Å². The Morgan fingerprint density at radius 2 is 1.71 bits per heavy atom. The third-order valence-corrected chi connectivity index (χ3v) is 6.30. The quantitative estimate of drug-likeness (QED) is 0.236. The third kappa shape index (κ3) is 6.49. The molecule has 204 valence electrons. The maximum atomic E-state index is 13.6. The Bertz CT molecular complexity index is 1690. The van der Waals surface area contributed by atoms with Gasteiger partial charge >= 0.3 is 6.18 Å². The van der Waals surface area contributed by atoms with Gasteiger partial charge in [-0.3, -0.25) is 9.78 Å². The van der Waals surface area contributed by atoms with Crippen LogP contribution in [0.5, 0.6) is 0 Å². The van der Waals surface area contributed by atoms with E-state index < -0.39 is 17.8 Å². The molecule has 1 amide bonds. The van der Waals surface area contributed by atoms with Crippen LogP contribution in [0.4, 0.5) is 18.9 Å². The van der Waals surface area contributed by atoms with Crippen LogP contribution in [-0.4, -0.2) is 20.7 Å². The van der Waals surface area contributed by atoms with E-state index in [1.807, 2.05) is 54.6 Å². The van der Waals surface area contributed by atoms with Crippen LogP contribution in [-0.2, 0) is 12.7 Å². The Morgan fingerprint density at radius 1 is 0.927 bits per heavy atom. The number of carbonyl (C=O) groups excluding carboxylic acids is 1. The molecular weight excluding hydrogens is 529 g/mol. The van der Waals surface area contributed by atoms with Crippen LogP contribution in [0, 0.1) is 11.3 Å². The molecule has 0 aliphatic heterocycles. The van der Waals surface area contributed by atoms with E-state index in [2.05, 4.69) is 20.7 Å². The number of amides is 1.